The van der Waals surface area contributed by atoms with Gasteiger partial charge >= 0.3 is 5.97 Å². The molecule has 0 fully saturated rings. The lowest BCUT2D eigenvalue weighted by Gasteiger charge is -2.23. The summed E-state index contributed by atoms with van der Waals surface area (Å²) in [4.78, 5) is 13.0. The van der Waals surface area contributed by atoms with Crippen molar-refractivity contribution >= 4 is 23.4 Å². The molecule has 1 aromatic rings. The van der Waals surface area contributed by atoms with Crippen LogP contribution in [-0.2, 0) is 9.53 Å². The predicted molar refractivity (Wildman–Crippen MR) is 77.2 cm³/mol. The summed E-state index contributed by atoms with van der Waals surface area (Å²) in [7, 11) is 0. The van der Waals surface area contributed by atoms with Crippen LogP contribution in [0.5, 0.6) is 0 Å². The highest BCUT2D eigenvalue weighted by molar-refractivity contribution is 7.98. The Morgan fingerprint density at radius 1 is 1.33 bits per heavy atom. The van der Waals surface area contributed by atoms with Gasteiger partial charge in [-0.3, -0.25) is 0 Å². The van der Waals surface area contributed by atoms with Crippen molar-refractivity contribution in [2.24, 2.45) is 0 Å². The average Bonchev–Trinajstić information content (AvgIpc) is 2.27. The van der Waals surface area contributed by atoms with Gasteiger partial charge in [0.2, 0.25) is 0 Å². The Bertz CT molecular complexity index is 413. The zero-order valence-electron chi connectivity index (χ0n) is 11.6. The number of esters is 1. The highest BCUT2D eigenvalue weighted by Crippen LogP contribution is 2.25. The number of anilines is 1. The number of carbonyl (C=O) groups is 1. The largest absolute Gasteiger partial charge is 0.458 e. The lowest BCUT2D eigenvalue weighted by Crippen LogP contribution is -2.34. The third kappa shape index (κ3) is 4.61. The Balaban J connectivity index is 2.69. The van der Waals surface area contributed by atoms with E-state index >= 15 is 0 Å². The smallest absolute Gasteiger partial charge is 0.328 e. The molecule has 18 heavy (non-hydrogen) atoms. The molecule has 3 nitrogen and oxygen atoms in total. The lowest BCUT2D eigenvalue weighted by atomic mass is 10.2. The Kier molecular flexibility index (Phi) is 5.08. The maximum atomic E-state index is 11.9. The molecular formula is C14H21NO2S. The fourth-order valence-electron chi connectivity index (χ4n) is 1.45. The number of nitrogens with one attached hydrogen (secondary N) is 1. The van der Waals surface area contributed by atoms with E-state index < -0.39 is 5.60 Å². The van der Waals surface area contributed by atoms with Gasteiger partial charge in [0.15, 0.2) is 0 Å². The molecule has 0 bridgehead atoms. The van der Waals surface area contributed by atoms with Gasteiger partial charge in [-0.2, -0.15) is 0 Å². The van der Waals surface area contributed by atoms with E-state index in [0.717, 1.165) is 10.6 Å². The van der Waals surface area contributed by atoms with Crippen molar-refractivity contribution in [2.45, 2.75) is 44.2 Å². The summed E-state index contributed by atoms with van der Waals surface area (Å²) in [6.07, 6.45) is 2.01. The van der Waals surface area contributed by atoms with E-state index in [1.165, 1.54) is 0 Å². The van der Waals surface area contributed by atoms with Crippen LogP contribution in [0.1, 0.15) is 27.7 Å². The summed E-state index contributed by atoms with van der Waals surface area (Å²) in [5, 5.41) is 3.19. The second-order valence-electron chi connectivity index (χ2n) is 5.10. The number of carbonyl (C=O) groups excluding carboxylic acids is 1. The SMILES string of the molecule is CSc1ccccc1NC(C)C(=O)OC(C)(C)C. The number of para-hydroxylation sites is 1. The predicted octanol–water partition coefficient (Wildman–Crippen LogP) is 3.55. The molecule has 1 N–H and O–H groups in total. The Hall–Kier alpha value is -1.16. The zero-order valence-corrected chi connectivity index (χ0v) is 12.4. The summed E-state index contributed by atoms with van der Waals surface area (Å²) < 4.78 is 5.34. The van der Waals surface area contributed by atoms with Crippen molar-refractivity contribution in [3.63, 3.8) is 0 Å². The van der Waals surface area contributed by atoms with Gasteiger partial charge in [-0.1, -0.05) is 12.1 Å². The molecule has 0 aliphatic rings. The van der Waals surface area contributed by atoms with E-state index in [-0.39, 0.29) is 12.0 Å². The number of rotatable bonds is 4. The summed E-state index contributed by atoms with van der Waals surface area (Å²) in [6.45, 7) is 7.42. The van der Waals surface area contributed by atoms with Gasteiger partial charge in [-0.25, -0.2) is 4.79 Å². The molecule has 1 unspecified atom stereocenters. The standard InChI is InChI=1S/C14H21NO2S/c1-10(13(16)17-14(2,3)4)15-11-8-6-7-9-12(11)18-5/h6-10,15H,1-5H3. The van der Waals surface area contributed by atoms with E-state index in [0.29, 0.717) is 0 Å². The zero-order chi connectivity index (χ0) is 13.8. The fraction of sp³-hybridized carbons (Fsp3) is 0.500. The highest BCUT2D eigenvalue weighted by atomic mass is 32.2. The van der Waals surface area contributed by atoms with Gasteiger partial charge in [0, 0.05) is 10.6 Å². The van der Waals surface area contributed by atoms with Gasteiger partial charge < -0.3 is 10.1 Å². The molecule has 0 aromatic heterocycles. The number of hydrogen-bond acceptors (Lipinski definition) is 4. The summed E-state index contributed by atoms with van der Waals surface area (Å²) in [5.74, 6) is -0.238. The average molecular weight is 267 g/mol. The summed E-state index contributed by atoms with van der Waals surface area (Å²) in [6, 6.07) is 7.55. The monoisotopic (exact) mass is 267 g/mol. The van der Waals surface area contributed by atoms with Crippen LogP contribution in [0.3, 0.4) is 0 Å². The van der Waals surface area contributed by atoms with Gasteiger partial charge in [-0.05, 0) is 46.1 Å². The van der Waals surface area contributed by atoms with Gasteiger partial charge in [0.25, 0.3) is 0 Å². The van der Waals surface area contributed by atoms with Crippen LogP contribution in [0, 0.1) is 0 Å². The molecule has 0 spiro atoms. The minimum atomic E-state index is -0.452. The fourth-order valence-corrected chi connectivity index (χ4v) is 2.01. The molecule has 0 saturated carbocycles. The third-order valence-corrected chi connectivity index (χ3v) is 3.04. The van der Waals surface area contributed by atoms with E-state index in [1.54, 1.807) is 11.8 Å². The molecule has 0 aliphatic carbocycles. The Morgan fingerprint density at radius 2 is 1.94 bits per heavy atom. The van der Waals surface area contributed by atoms with Gasteiger partial charge in [-0.15, -0.1) is 11.8 Å². The van der Waals surface area contributed by atoms with Crippen LogP contribution in [0.25, 0.3) is 0 Å². The molecule has 1 atom stereocenters. The molecule has 100 valence electrons. The van der Waals surface area contributed by atoms with E-state index in [2.05, 4.69) is 5.32 Å². The number of thioether (sulfide) groups is 1. The van der Waals surface area contributed by atoms with Crippen molar-refractivity contribution < 1.29 is 9.53 Å². The Labute approximate surface area is 113 Å². The Morgan fingerprint density at radius 3 is 2.50 bits per heavy atom. The molecule has 0 radical (unpaired) electrons. The van der Waals surface area contributed by atoms with Crippen LogP contribution in [-0.4, -0.2) is 23.9 Å². The molecule has 0 saturated heterocycles. The minimum Gasteiger partial charge on any atom is -0.458 e. The molecule has 0 heterocycles. The molecule has 4 heteroatoms. The van der Waals surface area contributed by atoms with Crippen LogP contribution in [0.15, 0.2) is 29.2 Å². The first-order chi connectivity index (χ1) is 8.33. The second kappa shape index (κ2) is 6.14. The first-order valence-electron chi connectivity index (χ1n) is 5.96. The normalized spacial score (nSPS) is 12.9. The molecule has 0 amide bonds. The van der Waals surface area contributed by atoms with Crippen LogP contribution >= 0.6 is 11.8 Å². The van der Waals surface area contributed by atoms with Crippen LogP contribution in [0.4, 0.5) is 5.69 Å². The third-order valence-electron chi connectivity index (χ3n) is 2.24. The second-order valence-corrected chi connectivity index (χ2v) is 5.95. The number of benzene rings is 1. The van der Waals surface area contributed by atoms with Crippen molar-refractivity contribution in [3.05, 3.63) is 24.3 Å². The summed E-state index contributed by atoms with van der Waals surface area (Å²) >= 11 is 1.65. The maximum absolute atomic E-state index is 11.9. The van der Waals surface area contributed by atoms with Gasteiger partial charge in [0.05, 0.1) is 0 Å². The molecule has 0 aliphatic heterocycles. The van der Waals surface area contributed by atoms with Crippen LogP contribution in [0.2, 0.25) is 0 Å². The maximum Gasteiger partial charge on any atom is 0.328 e. The van der Waals surface area contributed by atoms with Crippen molar-refractivity contribution in [2.75, 3.05) is 11.6 Å². The first-order valence-corrected chi connectivity index (χ1v) is 7.18. The van der Waals surface area contributed by atoms with Crippen molar-refractivity contribution in [3.8, 4) is 0 Å². The van der Waals surface area contributed by atoms with E-state index in [9.17, 15) is 4.79 Å². The number of hydrogen-bond donors (Lipinski definition) is 1. The van der Waals surface area contributed by atoms with Crippen molar-refractivity contribution in [1.29, 1.82) is 0 Å². The topological polar surface area (TPSA) is 38.3 Å². The van der Waals surface area contributed by atoms with E-state index in [1.807, 2.05) is 58.2 Å². The van der Waals surface area contributed by atoms with Gasteiger partial charge in [0.1, 0.15) is 11.6 Å². The summed E-state index contributed by atoms with van der Waals surface area (Å²) in [5.41, 5.74) is 0.509. The molecule has 1 rings (SSSR count). The number of ether oxygens (including phenoxy) is 1. The quantitative estimate of drug-likeness (QED) is 0.669. The lowest BCUT2D eigenvalue weighted by molar-refractivity contribution is -0.155. The van der Waals surface area contributed by atoms with Crippen LogP contribution < -0.4 is 5.32 Å². The molecule has 1 aromatic carbocycles. The van der Waals surface area contributed by atoms with E-state index in [4.69, 9.17) is 4.74 Å². The molecular weight excluding hydrogens is 246 g/mol. The first kappa shape index (κ1) is 14.9. The highest BCUT2D eigenvalue weighted by Gasteiger charge is 2.21. The van der Waals surface area contributed by atoms with Crippen molar-refractivity contribution in [1.82, 2.24) is 0 Å². The minimum absolute atomic E-state index is 0.238.